The van der Waals surface area contributed by atoms with Crippen molar-refractivity contribution >= 4 is 11.6 Å². The monoisotopic (exact) mass is 319 g/mol. The Hall–Kier alpha value is -1.59. The van der Waals surface area contributed by atoms with Gasteiger partial charge in [-0.15, -0.1) is 0 Å². The molecule has 1 heterocycles. The third-order valence-electron chi connectivity index (χ3n) is 4.40. The SMILES string of the molecule is CC(O)CC1CCCN1CC(=O)NCc1ccc(N(C)C)cc1. The number of carbonyl (C=O) groups excluding carboxylic acids is 1. The summed E-state index contributed by atoms with van der Waals surface area (Å²) in [5, 5.41) is 12.5. The van der Waals surface area contributed by atoms with Crippen molar-refractivity contribution in [3.05, 3.63) is 29.8 Å². The van der Waals surface area contributed by atoms with Crippen molar-refractivity contribution in [1.29, 1.82) is 0 Å². The number of anilines is 1. The minimum absolute atomic E-state index is 0.0548. The van der Waals surface area contributed by atoms with Crippen LogP contribution in [0.3, 0.4) is 0 Å². The molecular weight excluding hydrogens is 290 g/mol. The number of aliphatic hydroxyl groups is 1. The maximum atomic E-state index is 12.2. The molecule has 2 rings (SSSR count). The van der Waals surface area contributed by atoms with Crippen molar-refractivity contribution in [2.45, 2.75) is 44.9 Å². The molecule has 2 N–H and O–H groups in total. The maximum absolute atomic E-state index is 12.2. The van der Waals surface area contributed by atoms with Gasteiger partial charge < -0.3 is 15.3 Å². The molecule has 0 bridgehead atoms. The summed E-state index contributed by atoms with van der Waals surface area (Å²) in [6, 6.07) is 8.53. The Morgan fingerprint density at radius 1 is 1.39 bits per heavy atom. The summed E-state index contributed by atoms with van der Waals surface area (Å²) in [5.74, 6) is 0.0548. The fourth-order valence-corrected chi connectivity index (χ4v) is 3.12. The standard InChI is InChI=1S/C18H29N3O2/c1-14(22)11-17-5-4-10-21(17)13-18(23)19-12-15-6-8-16(9-7-15)20(2)3/h6-9,14,17,22H,4-5,10-13H2,1-3H3,(H,19,23). The predicted octanol–water partition coefficient (Wildman–Crippen LogP) is 1.60. The van der Waals surface area contributed by atoms with Crippen LogP contribution in [0.4, 0.5) is 5.69 Å². The zero-order valence-electron chi connectivity index (χ0n) is 14.5. The number of likely N-dealkylation sites (tertiary alicyclic amines) is 1. The Morgan fingerprint density at radius 3 is 2.70 bits per heavy atom. The fraction of sp³-hybridized carbons (Fsp3) is 0.611. The molecule has 1 aliphatic heterocycles. The van der Waals surface area contributed by atoms with Crippen molar-refractivity contribution < 1.29 is 9.90 Å². The van der Waals surface area contributed by atoms with Crippen molar-refractivity contribution in [2.75, 3.05) is 32.1 Å². The molecule has 0 spiro atoms. The van der Waals surface area contributed by atoms with Crippen LogP contribution in [-0.4, -0.2) is 55.2 Å². The first kappa shape index (κ1) is 17.8. The summed E-state index contributed by atoms with van der Waals surface area (Å²) in [6.07, 6.45) is 2.62. The average Bonchev–Trinajstić information content (AvgIpc) is 2.91. The van der Waals surface area contributed by atoms with Crippen LogP contribution < -0.4 is 10.2 Å². The van der Waals surface area contributed by atoms with Gasteiger partial charge >= 0.3 is 0 Å². The molecule has 23 heavy (non-hydrogen) atoms. The minimum atomic E-state index is -0.307. The lowest BCUT2D eigenvalue weighted by Gasteiger charge is -2.24. The Kier molecular flexibility index (Phi) is 6.42. The number of hydrogen-bond donors (Lipinski definition) is 2. The maximum Gasteiger partial charge on any atom is 0.234 e. The fourth-order valence-electron chi connectivity index (χ4n) is 3.12. The molecule has 5 nitrogen and oxygen atoms in total. The molecule has 5 heteroatoms. The van der Waals surface area contributed by atoms with E-state index in [1.165, 1.54) is 0 Å². The lowest BCUT2D eigenvalue weighted by Crippen LogP contribution is -2.40. The van der Waals surface area contributed by atoms with Gasteiger partial charge in [-0.2, -0.15) is 0 Å². The second-order valence-corrected chi connectivity index (χ2v) is 6.69. The predicted molar refractivity (Wildman–Crippen MR) is 93.5 cm³/mol. The average molecular weight is 319 g/mol. The highest BCUT2D eigenvalue weighted by molar-refractivity contribution is 5.78. The zero-order valence-corrected chi connectivity index (χ0v) is 14.5. The third-order valence-corrected chi connectivity index (χ3v) is 4.40. The second kappa shape index (κ2) is 8.31. The quantitative estimate of drug-likeness (QED) is 0.802. The number of carbonyl (C=O) groups is 1. The van der Waals surface area contributed by atoms with Crippen LogP contribution in [0.1, 0.15) is 31.7 Å². The Morgan fingerprint density at radius 2 is 2.09 bits per heavy atom. The first-order valence-electron chi connectivity index (χ1n) is 8.41. The van der Waals surface area contributed by atoms with Gasteiger partial charge in [-0.05, 0) is 50.4 Å². The molecule has 1 aliphatic rings. The van der Waals surface area contributed by atoms with Crippen molar-refractivity contribution in [1.82, 2.24) is 10.2 Å². The van der Waals surface area contributed by atoms with Gasteiger partial charge in [-0.25, -0.2) is 0 Å². The molecule has 0 radical (unpaired) electrons. The van der Waals surface area contributed by atoms with E-state index in [4.69, 9.17) is 0 Å². The van der Waals surface area contributed by atoms with E-state index >= 15 is 0 Å². The number of nitrogens with zero attached hydrogens (tertiary/aromatic N) is 2. The normalized spacial score (nSPS) is 19.6. The van der Waals surface area contributed by atoms with E-state index in [0.717, 1.165) is 37.1 Å². The molecule has 1 fully saturated rings. The molecule has 0 saturated carbocycles. The van der Waals surface area contributed by atoms with Gasteiger partial charge in [-0.3, -0.25) is 9.69 Å². The largest absolute Gasteiger partial charge is 0.393 e. The molecule has 0 aliphatic carbocycles. The number of nitrogens with one attached hydrogen (secondary N) is 1. The van der Waals surface area contributed by atoms with Gasteiger partial charge in [0.2, 0.25) is 5.91 Å². The summed E-state index contributed by atoms with van der Waals surface area (Å²) in [4.78, 5) is 16.4. The van der Waals surface area contributed by atoms with E-state index in [-0.39, 0.29) is 12.0 Å². The van der Waals surface area contributed by atoms with Crippen LogP contribution in [0.25, 0.3) is 0 Å². The lowest BCUT2D eigenvalue weighted by atomic mass is 10.1. The lowest BCUT2D eigenvalue weighted by molar-refractivity contribution is -0.122. The highest BCUT2D eigenvalue weighted by atomic mass is 16.3. The van der Waals surface area contributed by atoms with E-state index in [9.17, 15) is 9.90 Å². The van der Waals surface area contributed by atoms with E-state index in [1.54, 1.807) is 0 Å². The molecule has 2 atom stereocenters. The summed E-state index contributed by atoms with van der Waals surface area (Å²) >= 11 is 0. The van der Waals surface area contributed by atoms with E-state index in [0.29, 0.717) is 19.1 Å². The minimum Gasteiger partial charge on any atom is -0.393 e. The number of rotatable bonds is 7. The smallest absolute Gasteiger partial charge is 0.234 e. The first-order valence-corrected chi connectivity index (χ1v) is 8.41. The molecule has 1 saturated heterocycles. The van der Waals surface area contributed by atoms with Crippen LogP contribution >= 0.6 is 0 Å². The third kappa shape index (κ3) is 5.52. The number of hydrogen-bond acceptors (Lipinski definition) is 4. The summed E-state index contributed by atoms with van der Waals surface area (Å²) in [7, 11) is 4.02. The van der Waals surface area contributed by atoms with E-state index in [2.05, 4.69) is 27.2 Å². The number of benzene rings is 1. The Labute approximate surface area is 139 Å². The van der Waals surface area contributed by atoms with Crippen LogP contribution in [0.5, 0.6) is 0 Å². The first-order chi connectivity index (χ1) is 11.0. The molecule has 2 unspecified atom stereocenters. The van der Waals surface area contributed by atoms with Gasteiger partial charge in [0.05, 0.1) is 12.6 Å². The number of amides is 1. The highest BCUT2D eigenvalue weighted by Crippen LogP contribution is 2.20. The highest BCUT2D eigenvalue weighted by Gasteiger charge is 2.26. The van der Waals surface area contributed by atoms with Gasteiger partial charge in [0, 0.05) is 32.4 Å². The van der Waals surface area contributed by atoms with Crippen molar-refractivity contribution in [3.8, 4) is 0 Å². The molecule has 1 aromatic carbocycles. The van der Waals surface area contributed by atoms with E-state index < -0.39 is 0 Å². The van der Waals surface area contributed by atoms with Crippen LogP contribution in [0, 0.1) is 0 Å². The van der Waals surface area contributed by atoms with Gasteiger partial charge in [0.15, 0.2) is 0 Å². The molecular formula is C18H29N3O2. The van der Waals surface area contributed by atoms with Crippen molar-refractivity contribution in [2.24, 2.45) is 0 Å². The van der Waals surface area contributed by atoms with E-state index in [1.807, 2.05) is 33.2 Å². The van der Waals surface area contributed by atoms with Crippen LogP contribution in [-0.2, 0) is 11.3 Å². The van der Waals surface area contributed by atoms with Gasteiger partial charge in [0.1, 0.15) is 0 Å². The topological polar surface area (TPSA) is 55.8 Å². The molecule has 1 amide bonds. The Balaban J connectivity index is 1.78. The van der Waals surface area contributed by atoms with Gasteiger partial charge in [0.25, 0.3) is 0 Å². The summed E-state index contributed by atoms with van der Waals surface area (Å²) in [5.41, 5.74) is 2.25. The van der Waals surface area contributed by atoms with Gasteiger partial charge in [-0.1, -0.05) is 12.1 Å². The van der Waals surface area contributed by atoms with Crippen molar-refractivity contribution in [3.63, 3.8) is 0 Å². The summed E-state index contributed by atoms with van der Waals surface area (Å²) in [6.45, 7) is 3.74. The Bertz CT molecular complexity index is 499. The second-order valence-electron chi connectivity index (χ2n) is 6.69. The molecule has 0 aromatic heterocycles. The molecule has 1 aromatic rings. The number of aliphatic hydroxyl groups excluding tert-OH is 1. The van der Waals surface area contributed by atoms with Crippen LogP contribution in [0.15, 0.2) is 24.3 Å². The molecule has 128 valence electrons. The summed E-state index contributed by atoms with van der Waals surface area (Å²) < 4.78 is 0. The van der Waals surface area contributed by atoms with Crippen LogP contribution in [0.2, 0.25) is 0 Å². The zero-order chi connectivity index (χ0) is 16.8.